The Morgan fingerprint density at radius 2 is 0.947 bits per heavy atom. The molecule has 2 aliphatic carbocycles. The summed E-state index contributed by atoms with van der Waals surface area (Å²) in [6, 6.07) is 35.7. The molecule has 0 spiro atoms. The van der Waals surface area contributed by atoms with Gasteiger partial charge in [-0.2, -0.15) is 0 Å². The molecule has 0 nitrogen and oxygen atoms in total. The molecule has 0 aliphatic heterocycles. The number of rotatable bonds is 5. The van der Waals surface area contributed by atoms with E-state index in [9.17, 15) is 0 Å². The van der Waals surface area contributed by atoms with E-state index in [4.69, 9.17) is 24.4 Å². The molecular formula is C34H33Br2SiZr. The molecule has 4 heteroatoms. The van der Waals surface area contributed by atoms with Gasteiger partial charge in [0.15, 0.2) is 0 Å². The first-order valence-corrected chi connectivity index (χ1v) is 34.7. The van der Waals surface area contributed by atoms with Crippen LogP contribution < -0.4 is 0 Å². The average Bonchev–Trinajstić information content (AvgIpc) is 3.46. The summed E-state index contributed by atoms with van der Waals surface area (Å²) in [6.07, 6.45) is 4.98. The second-order valence-electron chi connectivity index (χ2n) is 11.4. The molecule has 2 atom stereocenters. The molecule has 38 heavy (non-hydrogen) atoms. The van der Waals surface area contributed by atoms with Crippen LogP contribution in [0.2, 0.25) is 13.1 Å². The first-order valence-electron chi connectivity index (χ1n) is 13.5. The molecule has 0 bridgehead atoms. The van der Waals surface area contributed by atoms with Crippen molar-refractivity contribution in [3.8, 4) is 22.3 Å². The fourth-order valence-corrected chi connectivity index (χ4v) is 47.6. The third kappa shape index (κ3) is 3.97. The Kier molecular flexibility index (Phi) is 6.87. The van der Waals surface area contributed by atoms with Gasteiger partial charge in [-0.05, 0) is 0 Å². The van der Waals surface area contributed by atoms with Crippen molar-refractivity contribution in [3.05, 3.63) is 130 Å². The Labute approximate surface area is 240 Å². The summed E-state index contributed by atoms with van der Waals surface area (Å²) >= 11 is 5.64. The van der Waals surface area contributed by atoms with E-state index in [0.29, 0.717) is 7.25 Å². The van der Waals surface area contributed by atoms with Gasteiger partial charge in [0.2, 0.25) is 0 Å². The molecule has 0 aromatic heterocycles. The van der Waals surface area contributed by atoms with Gasteiger partial charge in [-0.3, -0.25) is 0 Å². The molecule has 0 N–H and O–H groups in total. The Balaban J connectivity index is 1.56. The third-order valence-corrected chi connectivity index (χ3v) is 83.9. The number of benzene rings is 4. The molecule has 0 fully saturated rings. The van der Waals surface area contributed by atoms with Crippen LogP contribution >= 0.6 is 24.4 Å². The van der Waals surface area contributed by atoms with Gasteiger partial charge in [0, 0.05) is 0 Å². The van der Waals surface area contributed by atoms with Crippen LogP contribution in [0.4, 0.5) is 0 Å². The van der Waals surface area contributed by atoms with E-state index in [1.807, 2.05) is 0 Å². The number of halogens is 2. The van der Waals surface area contributed by atoms with E-state index in [1.165, 1.54) is 55.7 Å². The van der Waals surface area contributed by atoms with Crippen LogP contribution in [0.1, 0.15) is 43.4 Å². The van der Waals surface area contributed by atoms with Crippen molar-refractivity contribution in [1.82, 2.24) is 0 Å². The molecule has 0 heterocycles. The number of allylic oxidation sites excluding steroid dienone is 2. The van der Waals surface area contributed by atoms with Gasteiger partial charge < -0.3 is 0 Å². The van der Waals surface area contributed by atoms with Crippen molar-refractivity contribution in [3.63, 3.8) is 0 Å². The van der Waals surface area contributed by atoms with Crippen LogP contribution in [0.3, 0.4) is 0 Å². The van der Waals surface area contributed by atoms with Crippen LogP contribution in [0.25, 0.3) is 34.4 Å². The first-order chi connectivity index (χ1) is 18.2. The summed E-state index contributed by atoms with van der Waals surface area (Å²) < 4.78 is 0.836. The summed E-state index contributed by atoms with van der Waals surface area (Å²) in [5.41, 5.74) is 14.1. The zero-order valence-corrected chi connectivity index (χ0v) is 29.2. The summed E-state index contributed by atoms with van der Waals surface area (Å²) in [7, 11) is 0. The normalized spacial score (nSPS) is 19.4. The summed E-state index contributed by atoms with van der Waals surface area (Å²) in [4.78, 5) is 0. The number of hydrogen-bond acceptors (Lipinski definition) is 0. The number of hydrogen-bond donors (Lipinski definition) is 0. The molecule has 6 rings (SSSR count). The van der Waals surface area contributed by atoms with Gasteiger partial charge in [-0.15, -0.1) is 0 Å². The zero-order valence-electron chi connectivity index (χ0n) is 22.4. The van der Waals surface area contributed by atoms with Crippen LogP contribution in [0.5, 0.6) is 0 Å². The average molecular weight is 721 g/mol. The predicted octanol–water partition coefficient (Wildman–Crippen LogP) is 10.9. The van der Waals surface area contributed by atoms with Crippen molar-refractivity contribution < 1.29 is 13.2 Å². The molecule has 0 saturated carbocycles. The fourth-order valence-electron chi connectivity index (χ4n) is 7.14. The van der Waals surface area contributed by atoms with Gasteiger partial charge in [0.05, 0.1) is 0 Å². The van der Waals surface area contributed by atoms with Crippen molar-refractivity contribution in [2.45, 2.75) is 34.2 Å². The van der Waals surface area contributed by atoms with Crippen molar-refractivity contribution in [1.29, 1.82) is 0 Å². The van der Waals surface area contributed by atoms with E-state index in [2.05, 4.69) is 136 Å². The monoisotopic (exact) mass is 717 g/mol. The molecule has 0 radical (unpaired) electrons. The maximum atomic E-state index is 4.80. The molecule has 0 amide bonds. The quantitative estimate of drug-likeness (QED) is 0.180. The van der Waals surface area contributed by atoms with Gasteiger partial charge in [0.1, 0.15) is 0 Å². The molecule has 4 aromatic carbocycles. The van der Waals surface area contributed by atoms with E-state index >= 15 is 0 Å². The molecule has 191 valence electrons. The molecule has 0 saturated heterocycles. The maximum absolute atomic E-state index is 4.80. The Bertz CT molecular complexity index is 1490. The summed E-state index contributed by atoms with van der Waals surface area (Å²) in [5.74, 6) is -1.23. The Hall–Kier alpha value is -1.58. The molecule has 4 aromatic rings. The van der Waals surface area contributed by atoms with E-state index < -0.39 is 19.2 Å². The van der Waals surface area contributed by atoms with E-state index in [1.54, 1.807) is 0 Å². The van der Waals surface area contributed by atoms with E-state index in [-0.39, 0.29) is 0 Å². The van der Waals surface area contributed by atoms with Crippen molar-refractivity contribution in [2.24, 2.45) is 0 Å². The third-order valence-electron chi connectivity index (χ3n) is 8.93. The van der Waals surface area contributed by atoms with Crippen LogP contribution in [0.15, 0.2) is 108 Å². The predicted molar refractivity (Wildman–Crippen MR) is 173 cm³/mol. The van der Waals surface area contributed by atoms with Crippen molar-refractivity contribution in [2.75, 3.05) is 0 Å². The van der Waals surface area contributed by atoms with Gasteiger partial charge >= 0.3 is 243 Å². The summed E-state index contributed by atoms with van der Waals surface area (Å²) in [5, 5.41) is 0. The van der Waals surface area contributed by atoms with E-state index in [0.717, 1.165) is 0 Å². The summed E-state index contributed by atoms with van der Waals surface area (Å²) in [6.45, 7) is 9.91. The first kappa shape index (κ1) is 26.6. The molecule has 2 unspecified atom stereocenters. The van der Waals surface area contributed by atoms with Gasteiger partial charge in [-0.1, -0.05) is 0 Å². The SMILES string of the molecule is CC1=Cc2c(-c3ccccc3)cccc2[CH]1[Zr]([Br])([Br])([CH]1C(C)=Cc2c(-c3ccccc3)cccc21)[SiH](C)C. The number of fused-ring (bicyclic) bond motifs is 2. The van der Waals surface area contributed by atoms with Crippen LogP contribution in [-0.2, 0) is 13.2 Å². The van der Waals surface area contributed by atoms with Gasteiger partial charge in [-0.25, -0.2) is 0 Å². The van der Waals surface area contributed by atoms with Crippen LogP contribution in [-0.4, -0.2) is 5.92 Å². The topological polar surface area (TPSA) is 0 Å². The van der Waals surface area contributed by atoms with Crippen molar-refractivity contribution >= 4 is 42.5 Å². The minimum atomic E-state index is -3.95. The molecular weight excluding hydrogens is 687 g/mol. The second-order valence-corrected chi connectivity index (χ2v) is 75.7. The molecule has 2 aliphatic rings. The second kappa shape index (κ2) is 9.81. The van der Waals surface area contributed by atoms with Gasteiger partial charge in [0.25, 0.3) is 0 Å². The minimum absolute atomic E-state index is 0.418. The Morgan fingerprint density at radius 1 is 0.553 bits per heavy atom. The Morgan fingerprint density at radius 3 is 1.32 bits per heavy atom. The zero-order chi connectivity index (χ0) is 26.7. The van der Waals surface area contributed by atoms with Crippen LogP contribution in [0, 0.1) is 0 Å². The fraction of sp³-hybridized carbons (Fsp3) is 0.176. The standard InChI is InChI=1S/2C16H13.C2H7Si.2BrH.Zr/c2*1-12-10-14-8-5-9-15(16(14)11-12)13-6-3-2-4-7-13;1-3-2;;;/h2*2-11H,1H3;3H,1-2H3;2*1H;/q;;;;;+2/p-2.